The molecule has 1 N–H and O–H groups in total. The Morgan fingerprint density at radius 3 is 2.78 bits per heavy atom. The Morgan fingerprint density at radius 2 is 2.04 bits per heavy atom. The molecule has 1 aliphatic carbocycles. The van der Waals surface area contributed by atoms with Crippen LogP contribution >= 0.6 is 0 Å². The van der Waals surface area contributed by atoms with Gasteiger partial charge < -0.3 is 10.0 Å². The number of likely N-dealkylation sites (N-methyl/N-ethyl adjacent to an activating group) is 1. The zero-order valence-corrected chi connectivity index (χ0v) is 13.2. The zero-order valence-electron chi connectivity index (χ0n) is 13.2. The summed E-state index contributed by atoms with van der Waals surface area (Å²) in [5, 5.41) is 15.0. The number of carbonyl (C=O) groups excluding carboxylic acids is 1. The molecule has 1 heterocycles. The highest BCUT2D eigenvalue weighted by Gasteiger charge is 2.33. The van der Waals surface area contributed by atoms with Gasteiger partial charge in [0.1, 0.15) is 6.54 Å². The van der Waals surface area contributed by atoms with E-state index < -0.39 is 5.60 Å². The fraction of sp³-hybridized carbons (Fsp3) is 0.471. The summed E-state index contributed by atoms with van der Waals surface area (Å²) in [4.78, 5) is 25.8. The van der Waals surface area contributed by atoms with Crippen LogP contribution in [0.4, 0.5) is 0 Å². The molecular weight excluding hydrogens is 294 g/mol. The van der Waals surface area contributed by atoms with Crippen LogP contribution < -0.4 is 5.43 Å². The van der Waals surface area contributed by atoms with Crippen LogP contribution in [0.1, 0.15) is 25.7 Å². The second kappa shape index (κ2) is 6.12. The number of hydrogen-bond donors (Lipinski definition) is 1. The molecule has 0 aliphatic heterocycles. The van der Waals surface area contributed by atoms with Gasteiger partial charge in [-0.3, -0.25) is 14.3 Å². The number of benzene rings is 1. The molecule has 1 amide bonds. The average Bonchev–Trinajstić information content (AvgIpc) is 2.96. The summed E-state index contributed by atoms with van der Waals surface area (Å²) in [7, 11) is 1.70. The normalized spacial score (nSPS) is 16.6. The van der Waals surface area contributed by atoms with E-state index in [0.717, 1.165) is 25.7 Å². The van der Waals surface area contributed by atoms with Crippen molar-refractivity contribution in [3.05, 3.63) is 40.7 Å². The largest absolute Gasteiger partial charge is 0.388 e. The van der Waals surface area contributed by atoms with Gasteiger partial charge in [0.25, 0.3) is 0 Å². The van der Waals surface area contributed by atoms with Crippen LogP contribution in [0, 0.1) is 0 Å². The number of carbonyl (C=O) groups is 1. The summed E-state index contributed by atoms with van der Waals surface area (Å²) in [6.07, 6.45) is 4.72. The smallest absolute Gasteiger partial charge is 0.244 e. The molecule has 3 rings (SSSR count). The molecule has 1 aromatic carbocycles. The van der Waals surface area contributed by atoms with Crippen molar-refractivity contribution < 1.29 is 9.90 Å². The molecule has 6 nitrogen and oxygen atoms in total. The highest BCUT2D eigenvalue weighted by molar-refractivity contribution is 5.81. The SMILES string of the molecule is CN(CC1(O)CCCC1)C(=O)Cn1ncc(=O)c2ccccc21. The van der Waals surface area contributed by atoms with Gasteiger partial charge in [0.05, 0.1) is 17.3 Å². The van der Waals surface area contributed by atoms with Crippen LogP contribution in [0.2, 0.25) is 0 Å². The molecular formula is C17H21N3O3. The standard InChI is InChI=1S/C17H21N3O3/c1-19(12-17(23)8-4-5-9-17)16(22)11-20-14-7-3-2-6-13(14)15(21)10-18-20/h2-3,6-7,10,23H,4-5,8-9,11-12H2,1H3. The lowest BCUT2D eigenvalue weighted by molar-refractivity contribution is -0.133. The molecule has 6 heteroatoms. The minimum atomic E-state index is -0.760. The van der Waals surface area contributed by atoms with E-state index in [1.807, 2.05) is 6.07 Å². The van der Waals surface area contributed by atoms with E-state index in [1.54, 1.807) is 30.1 Å². The number of aliphatic hydroxyl groups is 1. The molecule has 122 valence electrons. The van der Waals surface area contributed by atoms with E-state index in [4.69, 9.17) is 0 Å². The first-order valence-electron chi connectivity index (χ1n) is 7.90. The lowest BCUT2D eigenvalue weighted by Gasteiger charge is -2.28. The van der Waals surface area contributed by atoms with E-state index in [1.165, 1.54) is 10.9 Å². The maximum absolute atomic E-state index is 12.4. The molecule has 0 atom stereocenters. The summed E-state index contributed by atoms with van der Waals surface area (Å²) < 4.78 is 1.54. The number of amides is 1. The Morgan fingerprint density at radius 1 is 1.35 bits per heavy atom. The summed E-state index contributed by atoms with van der Waals surface area (Å²) in [6.45, 7) is 0.386. The van der Waals surface area contributed by atoms with E-state index in [2.05, 4.69) is 5.10 Å². The van der Waals surface area contributed by atoms with Crippen molar-refractivity contribution in [3.8, 4) is 0 Å². The molecule has 23 heavy (non-hydrogen) atoms. The van der Waals surface area contributed by atoms with E-state index in [0.29, 0.717) is 17.4 Å². The van der Waals surface area contributed by atoms with E-state index in [-0.39, 0.29) is 17.9 Å². The third kappa shape index (κ3) is 3.27. The fourth-order valence-corrected chi connectivity index (χ4v) is 3.26. The van der Waals surface area contributed by atoms with Gasteiger partial charge >= 0.3 is 0 Å². The lowest BCUT2D eigenvalue weighted by Crippen LogP contribution is -2.43. The molecule has 0 spiro atoms. The number of nitrogens with zero attached hydrogens (tertiary/aromatic N) is 3. The highest BCUT2D eigenvalue weighted by Crippen LogP contribution is 2.29. The quantitative estimate of drug-likeness (QED) is 0.918. The lowest BCUT2D eigenvalue weighted by atomic mass is 10.0. The first-order chi connectivity index (χ1) is 11.0. The van der Waals surface area contributed by atoms with Crippen molar-refractivity contribution in [2.24, 2.45) is 0 Å². The molecule has 1 aliphatic rings. The van der Waals surface area contributed by atoms with Gasteiger partial charge in [0.2, 0.25) is 11.3 Å². The van der Waals surface area contributed by atoms with Crippen molar-refractivity contribution in [3.63, 3.8) is 0 Å². The van der Waals surface area contributed by atoms with Crippen LogP contribution in [0.15, 0.2) is 35.3 Å². The zero-order chi connectivity index (χ0) is 16.4. The van der Waals surface area contributed by atoms with Crippen LogP contribution in [0.3, 0.4) is 0 Å². The van der Waals surface area contributed by atoms with Gasteiger partial charge in [-0.1, -0.05) is 25.0 Å². The Hall–Kier alpha value is -2.21. The Bertz CT molecular complexity index is 778. The summed E-state index contributed by atoms with van der Waals surface area (Å²) in [5.74, 6) is -0.133. The van der Waals surface area contributed by atoms with Crippen molar-refractivity contribution >= 4 is 16.8 Å². The summed E-state index contributed by atoms with van der Waals surface area (Å²) >= 11 is 0. The minimum Gasteiger partial charge on any atom is -0.388 e. The molecule has 1 fully saturated rings. The van der Waals surface area contributed by atoms with Crippen molar-refractivity contribution in [1.29, 1.82) is 0 Å². The average molecular weight is 315 g/mol. The van der Waals surface area contributed by atoms with Crippen LogP contribution in [0.25, 0.3) is 10.9 Å². The van der Waals surface area contributed by atoms with Gasteiger partial charge in [-0.2, -0.15) is 5.10 Å². The molecule has 0 bridgehead atoms. The molecule has 0 saturated heterocycles. The molecule has 1 saturated carbocycles. The van der Waals surface area contributed by atoms with E-state index >= 15 is 0 Å². The predicted octanol–water partition coefficient (Wildman–Crippen LogP) is 1.16. The Kier molecular flexibility index (Phi) is 4.17. The second-order valence-corrected chi connectivity index (χ2v) is 6.36. The molecule has 0 unspecified atom stereocenters. The number of hydrogen-bond acceptors (Lipinski definition) is 4. The fourth-order valence-electron chi connectivity index (χ4n) is 3.26. The van der Waals surface area contributed by atoms with Gasteiger partial charge in [0, 0.05) is 19.0 Å². The van der Waals surface area contributed by atoms with Crippen molar-refractivity contribution in [1.82, 2.24) is 14.7 Å². The third-order valence-electron chi connectivity index (χ3n) is 4.54. The topological polar surface area (TPSA) is 75.4 Å². The van der Waals surface area contributed by atoms with Crippen LogP contribution in [-0.4, -0.2) is 44.9 Å². The molecule has 0 radical (unpaired) electrons. The van der Waals surface area contributed by atoms with Crippen LogP contribution in [0.5, 0.6) is 0 Å². The predicted molar refractivity (Wildman–Crippen MR) is 87.1 cm³/mol. The summed E-state index contributed by atoms with van der Waals surface area (Å²) in [6, 6.07) is 7.11. The maximum atomic E-state index is 12.4. The number of fused-ring (bicyclic) bond motifs is 1. The second-order valence-electron chi connectivity index (χ2n) is 6.36. The highest BCUT2D eigenvalue weighted by atomic mass is 16.3. The Balaban J connectivity index is 1.78. The first-order valence-corrected chi connectivity index (χ1v) is 7.90. The Labute approximate surface area is 134 Å². The van der Waals surface area contributed by atoms with Crippen molar-refractivity contribution in [2.75, 3.05) is 13.6 Å². The molecule has 2 aromatic rings. The molecule has 1 aromatic heterocycles. The van der Waals surface area contributed by atoms with Gasteiger partial charge in [-0.05, 0) is 25.0 Å². The van der Waals surface area contributed by atoms with E-state index in [9.17, 15) is 14.7 Å². The minimum absolute atomic E-state index is 0.0490. The van der Waals surface area contributed by atoms with Gasteiger partial charge in [-0.25, -0.2) is 0 Å². The van der Waals surface area contributed by atoms with Gasteiger partial charge in [-0.15, -0.1) is 0 Å². The number of para-hydroxylation sites is 1. The monoisotopic (exact) mass is 315 g/mol. The van der Waals surface area contributed by atoms with Gasteiger partial charge in [0.15, 0.2) is 0 Å². The first kappa shape index (κ1) is 15.7. The number of rotatable bonds is 4. The number of aromatic nitrogens is 2. The summed E-state index contributed by atoms with van der Waals surface area (Å²) in [5.41, 5.74) is -0.275. The third-order valence-corrected chi connectivity index (χ3v) is 4.54. The van der Waals surface area contributed by atoms with Crippen molar-refractivity contribution in [2.45, 2.75) is 37.8 Å². The maximum Gasteiger partial charge on any atom is 0.244 e. The van der Waals surface area contributed by atoms with Crippen LogP contribution in [-0.2, 0) is 11.3 Å².